The van der Waals surface area contributed by atoms with Gasteiger partial charge in [0.15, 0.2) is 0 Å². The van der Waals surface area contributed by atoms with Crippen molar-refractivity contribution in [3.8, 4) is 0 Å². The first-order valence-corrected chi connectivity index (χ1v) is 8.96. The Morgan fingerprint density at radius 2 is 1.71 bits per heavy atom. The molecule has 0 spiro atoms. The topological polar surface area (TPSA) is 32.3 Å². The van der Waals surface area contributed by atoms with Crippen LogP contribution in [0.2, 0.25) is 0 Å². The summed E-state index contributed by atoms with van der Waals surface area (Å²) >= 11 is 0. The highest BCUT2D eigenvalue weighted by molar-refractivity contribution is 5.79. The fraction of sp³-hybridized carbons (Fsp3) is 0.632. The van der Waals surface area contributed by atoms with Crippen LogP contribution in [0.3, 0.4) is 0 Å². The summed E-state index contributed by atoms with van der Waals surface area (Å²) in [5.74, 6) is -2.82. The van der Waals surface area contributed by atoms with E-state index in [0.29, 0.717) is 12.8 Å². The van der Waals surface area contributed by atoms with Crippen LogP contribution in [0.1, 0.15) is 44.1 Å². The minimum atomic E-state index is -2.57. The molecule has 24 heavy (non-hydrogen) atoms. The molecule has 1 aliphatic carbocycles. The molecule has 3 nitrogen and oxygen atoms in total. The molecule has 1 amide bonds. The van der Waals surface area contributed by atoms with Crippen molar-refractivity contribution in [3.05, 3.63) is 35.9 Å². The van der Waals surface area contributed by atoms with Crippen molar-refractivity contribution in [1.29, 1.82) is 0 Å². The summed E-state index contributed by atoms with van der Waals surface area (Å²) in [6.07, 6.45) is 2.18. The summed E-state index contributed by atoms with van der Waals surface area (Å²) < 4.78 is 26.4. The lowest BCUT2D eigenvalue weighted by Gasteiger charge is -2.34. The van der Waals surface area contributed by atoms with Crippen molar-refractivity contribution >= 4 is 5.91 Å². The number of rotatable bonds is 4. The molecule has 1 N–H and O–H groups in total. The number of hydrogen-bond donors (Lipinski definition) is 1. The smallest absolute Gasteiger partial charge is 0.248 e. The molecule has 2 aliphatic rings. The highest BCUT2D eigenvalue weighted by Gasteiger charge is 2.37. The number of likely N-dealkylation sites (tertiary alicyclic amines) is 1. The number of benzene rings is 1. The van der Waals surface area contributed by atoms with E-state index in [1.807, 2.05) is 6.07 Å². The summed E-state index contributed by atoms with van der Waals surface area (Å²) in [6.45, 7) is 2.87. The number of nitrogens with one attached hydrogen (secondary N) is 1. The predicted octanol–water partition coefficient (Wildman–Crippen LogP) is 3.59. The highest BCUT2D eigenvalue weighted by atomic mass is 19.3. The van der Waals surface area contributed by atoms with Gasteiger partial charge in [0.2, 0.25) is 11.8 Å². The molecule has 132 valence electrons. The van der Waals surface area contributed by atoms with Crippen LogP contribution < -0.4 is 5.32 Å². The van der Waals surface area contributed by atoms with E-state index in [9.17, 15) is 13.6 Å². The Labute approximate surface area is 142 Å². The molecule has 0 bridgehead atoms. The van der Waals surface area contributed by atoms with E-state index in [1.165, 1.54) is 5.56 Å². The monoisotopic (exact) mass is 336 g/mol. The number of piperidine rings is 1. The van der Waals surface area contributed by atoms with Gasteiger partial charge in [0.25, 0.3) is 0 Å². The van der Waals surface area contributed by atoms with Crippen LogP contribution in [0, 0.1) is 5.92 Å². The maximum atomic E-state index is 13.2. The highest BCUT2D eigenvalue weighted by Crippen LogP contribution is 2.36. The van der Waals surface area contributed by atoms with Gasteiger partial charge in [-0.25, -0.2) is 8.78 Å². The number of carbonyl (C=O) groups is 1. The second kappa shape index (κ2) is 7.60. The molecule has 0 aromatic heterocycles. The molecule has 3 rings (SSSR count). The molecular weight excluding hydrogens is 310 g/mol. The van der Waals surface area contributed by atoms with Crippen molar-refractivity contribution < 1.29 is 13.6 Å². The van der Waals surface area contributed by atoms with Crippen LogP contribution in [0.5, 0.6) is 0 Å². The summed E-state index contributed by atoms with van der Waals surface area (Å²) in [5.41, 5.74) is 1.31. The SMILES string of the molecule is O=C(NC1CCN(Cc2ccccc2)CC1)C1CCC(F)(F)CC1. The second-order valence-electron chi connectivity index (χ2n) is 7.17. The second-order valence-corrected chi connectivity index (χ2v) is 7.17. The molecule has 1 aromatic rings. The zero-order chi connectivity index (χ0) is 17.0. The van der Waals surface area contributed by atoms with Gasteiger partial charge in [0.05, 0.1) is 0 Å². The van der Waals surface area contributed by atoms with Gasteiger partial charge >= 0.3 is 0 Å². The summed E-state index contributed by atoms with van der Waals surface area (Å²) in [5, 5.41) is 3.09. The Bertz CT molecular complexity index is 532. The standard InChI is InChI=1S/C19H26F2N2O/c20-19(21)10-6-16(7-11-19)18(24)22-17-8-12-23(13-9-17)14-15-4-2-1-3-5-15/h1-5,16-17H,6-14H2,(H,22,24). The van der Waals surface area contributed by atoms with E-state index < -0.39 is 5.92 Å². The number of hydrogen-bond acceptors (Lipinski definition) is 2. The van der Waals surface area contributed by atoms with Crippen LogP contribution in [-0.4, -0.2) is 35.9 Å². The maximum Gasteiger partial charge on any atom is 0.248 e. The van der Waals surface area contributed by atoms with Gasteiger partial charge in [-0.15, -0.1) is 0 Å². The third-order valence-electron chi connectivity index (χ3n) is 5.27. The first-order chi connectivity index (χ1) is 11.5. The van der Waals surface area contributed by atoms with Gasteiger partial charge in [-0.3, -0.25) is 9.69 Å². The molecule has 0 radical (unpaired) electrons. The fourth-order valence-corrected chi connectivity index (χ4v) is 3.70. The minimum Gasteiger partial charge on any atom is -0.353 e. The zero-order valence-electron chi connectivity index (χ0n) is 14.0. The minimum absolute atomic E-state index is 0.0213. The fourth-order valence-electron chi connectivity index (χ4n) is 3.70. The first kappa shape index (κ1) is 17.3. The largest absolute Gasteiger partial charge is 0.353 e. The molecule has 1 saturated carbocycles. The van der Waals surface area contributed by atoms with E-state index in [2.05, 4.69) is 34.5 Å². The average Bonchev–Trinajstić information content (AvgIpc) is 2.57. The first-order valence-electron chi connectivity index (χ1n) is 8.96. The van der Waals surface area contributed by atoms with Crippen molar-refractivity contribution in [2.24, 2.45) is 5.92 Å². The molecular formula is C19H26F2N2O. The van der Waals surface area contributed by atoms with Gasteiger partial charge in [0, 0.05) is 44.4 Å². The molecule has 1 aromatic carbocycles. The van der Waals surface area contributed by atoms with Gasteiger partial charge in [0.1, 0.15) is 0 Å². The van der Waals surface area contributed by atoms with Crippen LogP contribution in [0.15, 0.2) is 30.3 Å². The molecule has 2 fully saturated rings. The maximum absolute atomic E-state index is 13.2. The van der Waals surface area contributed by atoms with Crippen LogP contribution in [-0.2, 0) is 11.3 Å². The van der Waals surface area contributed by atoms with E-state index >= 15 is 0 Å². The Morgan fingerprint density at radius 3 is 2.33 bits per heavy atom. The Kier molecular flexibility index (Phi) is 5.49. The summed E-state index contributed by atoms with van der Waals surface area (Å²) in [6, 6.07) is 10.6. The van der Waals surface area contributed by atoms with E-state index in [0.717, 1.165) is 32.5 Å². The Hall–Kier alpha value is -1.49. The van der Waals surface area contributed by atoms with Crippen molar-refractivity contribution in [1.82, 2.24) is 10.2 Å². The number of halogens is 2. The normalized spacial score (nSPS) is 23.1. The van der Waals surface area contributed by atoms with E-state index in [4.69, 9.17) is 0 Å². The van der Waals surface area contributed by atoms with Gasteiger partial charge in [-0.2, -0.15) is 0 Å². The lowest BCUT2D eigenvalue weighted by molar-refractivity contribution is -0.130. The molecule has 1 heterocycles. The van der Waals surface area contributed by atoms with Gasteiger partial charge < -0.3 is 5.32 Å². The average molecular weight is 336 g/mol. The van der Waals surface area contributed by atoms with Crippen molar-refractivity contribution in [2.45, 2.75) is 57.0 Å². The van der Waals surface area contributed by atoms with Gasteiger partial charge in [-0.1, -0.05) is 30.3 Å². The van der Waals surface area contributed by atoms with Crippen LogP contribution >= 0.6 is 0 Å². The van der Waals surface area contributed by atoms with Crippen molar-refractivity contribution in [2.75, 3.05) is 13.1 Å². The third kappa shape index (κ3) is 4.76. The van der Waals surface area contributed by atoms with E-state index in [-0.39, 0.29) is 30.7 Å². The lowest BCUT2D eigenvalue weighted by Crippen LogP contribution is -2.46. The Balaban J connectivity index is 1.40. The van der Waals surface area contributed by atoms with Crippen LogP contribution in [0.25, 0.3) is 0 Å². The number of carbonyl (C=O) groups excluding carboxylic acids is 1. The lowest BCUT2D eigenvalue weighted by atomic mass is 9.86. The number of nitrogens with zero attached hydrogens (tertiary/aromatic N) is 1. The summed E-state index contributed by atoms with van der Waals surface area (Å²) in [7, 11) is 0. The molecule has 0 unspecified atom stereocenters. The molecule has 0 atom stereocenters. The number of amides is 1. The molecule has 1 aliphatic heterocycles. The quantitative estimate of drug-likeness (QED) is 0.911. The zero-order valence-corrected chi connectivity index (χ0v) is 14.0. The predicted molar refractivity (Wildman–Crippen MR) is 89.8 cm³/mol. The Morgan fingerprint density at radius 1 is 1.08 bits per heavy atom. The summed E-state index contributed by atoms with van der Waals surface area (Å²) in [4.78, 5) is 14.7. The number of alkyl halides is 2. The molecule has 5 heteroatoms. The van der Waals surface area contributed by atoms with Crippen molar-refractivity contribution in [3.63, 3.8) is 0 Å². The van der Waals surface area contributed by atoms with E-state index in [1.54, 1.807) is 0 Å². The van der Waals surface area contributed by atoms with Crippen LogP contribution in [0.4, 0.5) is 8.78 Å². The van der Waals surface area contributed by atoms with Gasteiger partial charge in [-0.05, 0) is 31.2 Å². The molecule has 1 saturated heterocycles. The third-order valence-corrected chi connectivity index (χ3v) is 5.27.